The van der Waals surface area contributed by atoms with Gasteiger partial charge >= 0.3 is 0 Å². The molecule has 7 heteroatoms. The van der Waals surface area contributed by atoms with Crippen LogP contribution < -0.4 is 19.4 Å². The predicted octanol–water partition coefficient (Wildman–Crippen LogP) is 10.2. The smallest absolute Gasteiger partial charge is 0.255 e. The number of nitrogens with one attached hydrogen (secondary N) is 1. The Labute approximate surface area is 320 Å². The number of hydrogen-bond acceptors (Lipinski definition) is 5. The largest absolute Gasteiger partial charge is 0.486 e. The molecule has 1 amide bonds. The summed E-state index contributed by atoms with van der Waals surface area (Å²) in [4.78, 5) is 13.3. The summed E-state index contributed by atoms with van der Waals surface area (Å²) in [5, 5.41) is 16.5. The van der Waals surface area contributed by atoms with Crippen LogP contribution in [0.5, 0.6) is 11.5 Å². The van der Waals surface area contributed by atoms with Gasteiger partial charge in [0.15, 0.2) is 30.3 Å². The molecule has 0 unspecified atom stereocenters. The summed E-state index contributed by atoms with van der Waals surface area (Å²) in [7, 11) is 0. The number of carbonyl (C=O) groups is 1. The molecule has 0 saturated heterocycles. The van der Waals surface area contributed by atoms with Crippen molar-refractivity contribution in [1.82, 2.24) is 0 Å². The van der Waals surface area contributed by atoms with Crippen LogP contribution in [0.1, 0.15) is 71.5 Å². The van der Waals surface area contributed by atoms with E-state index in [0.29, 0.717) is 40.9 Å². The van der Waals surface area contributed by atoms with Gasteiger partial charge in [0.1, 0.15) is 5.76 Å². The molecule has 4 bridgehead atoms. The molecule has 2 aromatic heterocycles. The van der Waals surface area contributed by atoms with E-state index in [0.717, 1.165) is 75.2 Å². The third-order valence-corrected chi connectivity index (χ3v) is 12.7. The van der Waals surface area contributed by atoms with E-state index in [1.54, 1.807) is 6.26 Å². The number of allylic oxidation sites excluding steroid dienone is 1. The van der Waals surface area contributed by atoms with Gasteiger partial charge in [-0.15, -0.1) is 0 Å². The van der Waals surface area contributed by atoms with Crippen molar-refractivity contribution in [3.05, 3.63) is 138 Å². The normalized spacial score (nSPS) is 22.2. The molecule has 7 nitrogen and oxygen atoms in total. The van der Waals surface area contributed by atoms with Crippen LogP contribution in [0, 0.1) is 23.7 Å². The maximum absolute atomic E-state index is 13.3. The molecule has 4 fully saturated rings. The van der Waals surface area contributed by atoms with Crippen molar-refractivity contribution >= 4 is 39.4 Å². The molecule has 4 saturated carbocycles. The van der Waals surface area contributed by atoms with Crippen LogP contribution in [0.2, 0.25) is 0 Å². The van der Waals surface area contributed by atoms with Crippen LogP contribution in [-0.4, -0.2) is 17.6 Å². The number of fused-ring (bicyclic) bond motifs is 3. The molecule has 5 aliphatic rings. The number of carbonyl (C=O) groups excluding carboxylic acids is 1. The number of aliphatic hydroxyl groups excluding tert-OH is 1. The topological polar surface area (TPSA) is 84.8 Å². The molecule has 0 atom stereocenters. The average Bonchev–Trinajstić information content (AvgIpc) is 3.67. The molecule has 0 spiro atoms. The van der Waals surface area contributed by atoms with Crippen LogP contribution in [0.25, 0.3) is 38.9 Å². The summed E-state index contributed by atoms with van der Waals surface area (Å²) < 4.78 is 19.9. The quantitative estimate of drug-likeness (QED) is 0.108. The summed E-state index contributed by atoms with van der Waals surface area (Å²) >= 11 is 0. The lowest BCUT2D eigenvalue weighted by atomic mass is 9.50. The van der Waals surface area contributed by atoms with Crippen LogP contribution in [0.3, 0.4) is 0 Å². The highest BCUT2D eigenvalue weighted by atomic mass is 16.5. The molecule has 2 N–H and O–H groups in total. The third kappa shape index (κ3) is 6.40. The van der Waals surface area contributed by atoms with Crippen molar-refractivity contribution in [2.75, 3.05) is 11.9 Å². The Bertz CT molecular complexity index is 2470. The molecular formula is C48H45N2O5+. The first-order valence-corrected chi connectivity index (χ1v) is 19.8. The number of furan rings is 1. The number of aromatic nitrogens is 1. The number of benzene rings is 4. The summed E-state index contributed by atoms with van der Waals surface area (Å²) in [5.74, 6) is 5.57. The van der Waals surface area contributed by atoms with E-state index in [1.807, 2.05) is 67.0 Å². The third-order valence-electron chi connectivity index (χ3n) is 12.7. The average molecular weight is 730 g/mol. The first kappa shape index (κ1) is 33.9. The Morgan fingerprint density at radius 1 is 0.836 bits per heavy atom. The van der Waals surface area contributed by atoms with Gasteiger partial charge in [0.25, 0.3) is 5.91 Å². The Morgan fingerprint density at radius 3 is 2.38 bits per heavy atom. The van der Waals surface area contributed by atoms with E-state index in [2.05, 4.69) is 52.9 Å². The zero-order valence-electron chi connectivity index (χ0n) is 30.9. The number of aryl methyl sites for hydroxylation is 1. The first-order valence-electron chi connectivity index (χ1n) is 19.8. The molecule has 6 aromatic rings. The summed E-state index contributed by atoms with van der Waals surface area (Å²) in [6, 6.07) is 26.8. The van der Waals surface area contributed by atoms with Crippen LogP contribution >= 0.6 is 0 Å². The molecular weight excluding hydrogens is 685 g/mol. The van der Waals surface area contributed by atoms with Crippen molar-refractivity contribution in [2.24, 2.45) is 23.7 Å². The number of ether oxygens (including phenoxy) is 2. The van der Waals surface area contributed by atoms with Crippen molar-refractivity contribution in [3.8, 4) is 22.6 Å². The van der Waals surface area contributed by atoms with Crippen molar-refractivity contribution in [1.29, 1.82) is 0 Å². The second kappa shape index (κ2) is 13.9. The van der Waals surface area contributed by atoms with E-state index in [4.69, 9.17) is 13.9 Å². The van der Waals surface area contributed by atoms with E-state index in [9.17, 15) is 9.90 Å². The number of hydrogen-bond donors (Lipinski definition) is 2. The molecule has 276 valence electrons. The van der Waals surface area contributed by atoms with Crippen molar-refractivity contribution < 1.29 is 28.4 Å². The molecule has 0 radical (unpaired) electrons. The van der Waals surface area contributed by atoms with Gasteiger partial charge in [-0.1, -0.05) is 43.0 Å². The summed E-state index contributed by atoms with van der Waals surface area (Å²) in [6.07, 6.45) is 17.0. The van der Waals surface area contributed by atoms with Gasteiger partial charge in [0.2, 0.25) is 5.75 Å². The Kier molecular flexibility index (Phi) is 8.55. The van der Waals surface area contributed by atoms with E-state index in [1.165, 1.54) is 43.2 Å². The second-order valence-electron chi connectivity index (χ2n) is 16.2. The second-order valence-corrected chi connectivity index (χ2v) is 16.2. The highest BCUT2D eigenvalue weighted by Crippen LogP contribution is 2.60. The van der Waals surface area contributed by atoms with Crippen LogP contribution in [0.15, 0.2) is 120 Å². The highest BCUT2D eigenvalue weighted by molar-refractivity contribution is 6.06. The number of aliphatic hydroxyl groups is 1. The Balaban J connectivity index is 0.780. The van der Waals surface area contributed by atoms with Gasteiger partial charge in [0, 0.05) is 35.1 Å². The van der Waals surface area contributed by atoms with Crippen molar-refractivity contribution in [3.63, 3.8) is 0 Å². The minimum absolute atomic E-state index is 0.0956. The molecule has 3 heterocycles. The number of rotatable bonds is 10. The highest BCUT2D eigenvalue weighted by Gasteiger charge is 2.49. The van der Waals surface area contributed by atoms with E-state index < -0.39 is 0 Å². The summed E-state index contributed by atoms with van der Waals surface area (Å²) in [5.41, 5.74) is 7.77. The molecule has 55 heavy (non-hydrogen) atoms. The SMILES string of the molecule is C=C1C=Cc2cc3ccoc3c(OCCC[n+]3ccc(NC(=O)c4ccc5cc(-c6ccc(CO)c(C7C8CC9CC(C8)CC7C9)c6)ccc5c4)cc3)c2O1. The minimum Gasteiger partial charge on any atom is -0.486 e. The van der Waals surface area contributed by atoms with Gasteiger partial charge in [0.05, 0.1) is 25.2 Å². The maximum Gasteiger partial charge on any atom is 0.255 e. The number of anilines is 1. The van der Waals surface area contributed by atoms with Gasteiger partial charge in [-0.05, 0) is 137 Å². The number of amides is 1. The zero-order chi connectivity index (χ0) is 37.0. The van der Waals surface area contributed by atoms with Gasteiger partial charge in [-0.2, -0.15) is 0 Å². The molecule has 4 aliphatic carbocycles. The fraction of sp³-hybridized carbons (Fsp3) is 0.292. The molecule has 4 aromatic carbocycles. The van der Waals surface area contributed by atoms with Gasteiger partial charge < -0.3 is 24.3 Å². The van der Waals surface area contributed by atoms with E-state index in [-0.39, 0.29) is 12.5 Å². The number of pyridine rings is 1. The van der Waals surface area contributed by atoms with E-state index >= 15 is 0 Å². The lowest BCUT2D eigenvalue weighted by Crippen LogP contribution is -2.44. The Hall–Kier alpha value is -5.66. The summed E-state index contributed by atoms with van der Waals surface area (Å²) in [6.45, 7) is 5.22. The zero-order valence-corrected chi connectivity index (χ0v) is 30.9. The lowest BCUT2D eigenvalue weighted by molar-refractivity contribution is -0.697. The first-order chi connectivity index (χ1) is 27.0. The predicted molar refractivity (Wildman–Crippen MR) is 215 cm³/mol. The fourth-order valence-corrected chi connectivity index (χ4v) is 10.3. The number of nitrogens with zero attached hydrogens (tertiary/aromatic N) is 1. The monoisotopic (exact) mass is 729 g/mol. The van der Waals surface area contributed by atoms with Crippen LogP contribution in [0.4, 0.5) is 5.69 Å². The lowest BCUT2D eigenvalue weighted by Gasteiger charge is -2.55. The Morgan fingerprint density at radius 2 is 1.58 bits per heavy atom. The molecule has 1 aliphatic heterocycles. The fourth-order valence-electron chi connectivity index (χ4n) is 10.3. The van der Waals surface area contributed by atoms with Gasteiger partial charge in [-0.3, -0.25) is 4.79 Å². The van der Waals surface area contributed by atoms with Gasteiger partial charge in [-0.25, -0.2) is 4.57 Å². The van der Waals surface area contributed by atoms with Crippen LogP contribution in [-0.2, 0) is 13.2 Å². The minimum atomic E-state index is -0.146. The standard InChI is InChI=1S/C48H44N2O5/c1-29-3-4-36-26-37-13-18-54-45(37)47(46(36)55-29)53-17-2-14-50-15-11-42(12-16-50)49-48(52)38-9-7-32-24-33(5-6-34(32)25-38)35-8-10-39(28-51)43(27-35)44-40-20-30-19-31(22-40)23-41(44)21-30/h3-13,15-16,18,24-27,30-31,40-41,44,51H,1-2,14,17,19-23,28H2/p+1. The molecule has 11 rings (SSSR count). The van der Waals surface area contributed by atoms with Crippen molar-refractivity contribution in [2.45, 2.75) is 57.6 Å². The maximum atomic E-state index is 13.3.